The van der Waals surface area contributed by atoms with E-state index in [2.05, 4.69) is 29.0 Å². The van der Waals surface area contributed by atoms with Gasteiger partial charge in [0.25, 0.3) is 5.82 Å². The fourth-order valence-electron chi connectivity index (χ4n) is 1.35. The zero-order valence-corrected chi connectivity index (χ0v) is 9.86. The normalized spacial score (nSPS) is 12.8. The quantitative estimate of drug-likeness (QED) is 0.731. The zero-order chi connectivity index (χ0) is 12.1. The van der Waals surface area contributed by atoms with E-state index in [1.165, 1.54) is 0 Å². The molecule has 3 N–H and O–H groups in total. The molecule has 0 amide bonds. The van der Waals surface area contributed by atoms with Crippen molar-refractivity contribution in [3.63, 3.8) is 0 Å². The van der Waals surface area contributed by atoms with Gasteiger partial charge in [0.05, 0.1) is 12.6 Å². The van der Waals surface area contributed by atoms with Crippen LogP contribution in [0.3, 0.4) is 0 Å². The number of nitrogens with one attached hydrogen (secondary N) is 1. The number of carbonyl (C=O) groups is 1. The summed E-state index contributed by atoms with van der Waals surface area (Å²) in [6, 6.07) is -0.226. The number of hydrogen-bond donors (Lipinski definition) is 2. The molecule has 1 aromatic heterocycles. The summed E-state index contributed by atoms with van der Waals surface area (Å²) in [7, 11) is 0. The lowest BCUT2D eigenvalue weighted by Crippen LogP contribution is -2.15. The fraction of sp³-hybridized carbons (Fsp3) is 0.700. The molecule has 0 aliphatic rings. The Morgan fingerprint density at radius 3 is 2.81 bits per heavy atom. The van der Waals surface area contributed by atoms with Gasteiger partial charge in [0.1, 0.15) is 5.82 Å². The Kier molecular flexibility index (Phi) is 4.42. The van der Waals surface area contributed by atoms with Crippen LogP contribution in [-0.4, -0.2) is 27.8 Å². The maximum atomic E-state index is 11.3. The zero-order valence-electron chi connectivity index (χ0n) is 9.86. The van der Waals surface area contributed by atoms with Gasteiger partial charge in [-0.15, -0.1) is 5.10 Å². The molecule has 1 rings (SSSR count). The molecule has 6 nitrogen and oxygen atoms in total. The molecule has 1 atom stereocenters. The highest BCUT2D eigenvalue weighted by Gasteiger charge is 2.17. The maximum absolute atomic E-state index is 11.3. The van der Waals surface area contributed by atoms with Gasteiger partial charge in [-0.3, -0.25) is 5.10 Å². The second kappa shape index (κ2) is 5.60. The average molecular weight is 226 g/mol. The number of H-pyrrole nitrogens is 1. The summed E-state index contributed by atoms with van der Waals surface area (Å²) in [5.74, 6) is 0.501. The second-order valence-electron chi connectivity index (χ2n) is 4.00. The van der Waals surface area contributed by atoms with E-state index < -0.39 is 5.97 Å². The highest BCUT2D eigenvalue weighted by Crippen LogP contribution is 2.14. The third-order valence-electron chi connectivity index (χ3n) is 2.04. The molecule has 0 unspecified atom stereocenters. The van der Waals surface area contributed by atoms with Crippen molar-refractivity contribution in [3.05, 3.63) is 11.6 Å². The van der Waals surface area contributed by atoms with Crippen molar-refractivity contribution >= 4 is 5.97 Å². The lowest BCUT2D eigenvalue weighted by molar-refractivity contribution is 0.0512. The van der Waals surface area contributed by atoms with Gasteiger partial charge in [0.2, 0.25) is 0 Å². The predicted molar refractivity (Wildman–Crippen MR) is 58.7 cm³/mol. The number of carbonyl (C=O) groups excluding carboxylic acids is 1. The monoisotopic (exact) mass is 226 g/mol. The van der Waals surface area contributed by atoms with Crippen molar-refractivity contribution in [2.75, 3.05) is 6.61 Å². The van der Waals surface area contributed by atoms with Gasteiger partial charge in [-0.1, -0.05) is 13.8 Å². The van der Waals surface area contributed by atoms with E-state index in [0.29, 0.717) is 18.3 Å². The highest BCUT2D eigenvalue weighted by atomic mass is 16.5. The Morgan fingerprint density at radius 2 is 2.25 bits per heavy atom. The number of rotatable bonds is 5. The molecule has 1 heterocycles. The molecule has 6 heteroatoms. The van der Waals surface area contributed by atoms with Crippen molar-refractivity contribution in [1.29, 1.82) is 0 Å². The number of aromatic amines is 1. The molecule has 0 saturated heterocycles. The minimum atomic E-state index is -0.526. The molecule has 0 radical (unpaired) electrons. The maximum Gasteiger partial charge on any atom is 0.378 e. The standard InChI is InChI=1S/C10H18N4O2/c1-4-16-10(15)9-12-8(13-14-9)7(11)5-6(2)3/h6-7H,4-5,11H2,1-3H3,(H,12,13,14)/t7-/m0/s1. The Bertz CT molecular complexity index is 348. The van der Waals surface area contributed by atoms with Crippen LogP contribution < -0.4 is 5.73 Å². The first-order valence-corrected chi connectivity index (χ1v) is 5.39. The molecule has 1 aromatic rings. The van der Waals surface area contributed by atoms with Crippen LogP contribution in [0.2, 0.25) is 0 Å². The molecule has 0 bridgehead atoms. The number of nitrogens with two attached hydrogens (primary N) is 1. The summed E-state index contributed by atoms with van der Waals surface area (Å²) in [5, 5.41) is 6.44. The predicted octanol–water partition coefficient (Wildman–Crippen LogP) is 1.03. The fourth-order valence-corrected chi connectivity index (χ4v) is 1.35. The molecular formula is C10H18N4O2. The SMILES string of the molecule is CCOC(=O)c1n[nH]c([C@@H](N)CC(C)C)n1. The number of nitrogens with zero attached hydrogens (tertiary/aromatic N) is 2. The van der Waals surface area contributed by atoms with Crippen molar-refractivity contribution in [2.45, 2.75) is 33.2 Å². The van der Waals surface area contributed by atoms with Crippen LogP contribution >= 0.6 is 0 Å². The molecule has 0 aliphatic heterocycles. The molecule has 0 spiro atoms. The number of ether oxygens (including phenoxy) is 1. The Morgan fingerprint density at radius 1 is 1.56 bits per heavy atom. The van der Waals surface area contributed by atoms with E-state index in [9.17, 15) is 4.79 Å². The largest absolute Gasteiger partial charge is 0.460 e. The average Bonchev–Trinajstić information content (AvgIpc) is 2.65. The van der Waals surface area contributed by atoms with Crippen LogP contribution in [0.25, 0.3) is 0 Å². The van der Waals surface area contributed by atoms with Crippen LogP contribution in [0, 0.1) is 5.92 Å². The van der Waals surface area contributed by atoms with Crippen LogP contribution in [0.15, 0.2) is 0 Å². The van der Waals surface area contributed by atoms with E-state index in [1.807, 2.05) is 0 Å². The van der Waals surface area contributed by atoms with Crippen molar-refractivity contribution < 1.29 is 9.53 Å². The molecule has 0 fully saturated rings. The number of hydrogen-bond acceptors (Lipinski definition) is 5. The summed E-state index contributed by atoms with van der Waals surface area (Å²) in [6.45, 7) is 6.18. The molecular weight excluding hydrogens is 208 g/mol. The lowest BCUT2D eigenvalue weighted by atomic mass is 10.0. The van der Waals surface area contributed by atoms with Crippen LogP contribution in [0.1, 0.15) is 49.7 Å². The molecule has 0 aliphatic carbocycles. The van der Waals surface area contributed by atoms with Gasteiger partial charge in [-0.05, 0) is 19.3 Å². The minimum absolute atomic E-state index is 0.0380. The number of esters is 1. The topological polar surface area (TPSA) is 93.9 Å². The van der Waals surface area contributed by atoms with Gasteiger partial charge in [0, 0.05) is 0 Å². The Balaban J connectivity index is 2.67. The van der Waals surface area contributed by atoms with E-state index in [-0.39, 0.29) is 11.9 Å². The van der Waals surface area contributed by atoms with Gasteiger partial charge in [-0.25, -0.2) is 9.78 Å². The smallest absolute Gasteiger partial charge is 0.378 e. The number of aromatic nitrogens is 3. The first-order valence-electron chi connectivity index (χ1n) is 5.39. The highest BCUT2D eigenvalue weighted by molar-refractivity contribution is 5.84. The Labute approximate surface area is 94.6 Å². The van der Waals surface area contributed by atoms with Crippen LogP contribution in [0.5, 0.6) is 0 Å². The van der Waals surface area contributed by atoms with E-state index in [0.717, 1.165) is 6.42 Å². The summed E-state index contributed by atoms with van der Waals surface area (Å²) in [4.78, 5) is 15.3. The van der Waals surface area contributed by atoms with Gasteiger partial charge in [0.15, 0.2) is 0 Å². The van der Waals surface area contributed by atoms with E-state index >= 15 is 0 Å². The van der Waals surface area contributed by atoms with E-state index in [4.69, 9.17) is 10.5 Å². The van der Waals surface area contributed by atoms with E-state index in [1.54, 1.807) is 6.92 Å². The summed E-state index contributed by atoms with van der Waals surface area (Å²) in [5.41, 5.74) is 5.90. The minimum Gasteiger partial charge on any atom is -0.460 e. The first-order chi connectivity index (χ1) is 7.54. The van der Waals surface area contributed by atoms with Crippen LogP contribution in [0.4, 0.5) is 0 Å². The van der Waals surface area contributed by atoms with Crippen LogP contribution in [-0.2, 0) is 4.74 Å². The first kappa shape index (κ1) is 12.6. The molecule has 0 aromatic carbocycles. The molecule has 90 valence electrons. The second-order valence-corrected chi connectivity index (χ2v) is 4.00. The van der Waals surface area contributed by atoms with Crippen molar-refractivity contribution in [1.82, 2.24) is 15.2 Å². The third-order valence-corrected chi connectivity index (χ3v) is 2.04. The molecule has 0 saturated carbocycles. The van der Waals surface area contributed by atoms with Gasteiger partial charge in [-0.2, -0.15) is 0 Å². The summed E-state index contributed by atoms with van der Waals surface area (Å²) < 4.78 is 4.78. The summed E-state index contributed by atoms with van der Waals surface area (Å²) >= 11 is 0. The molecule has 16 heavy (non-hydrogen) atoms. The van der Waals surface area contributed by atoms with Gasteiger partial charge < -0.3 is 10.5 Å². The van der Waals surface area contributed by atoms with Gasteiger partial charge >= 0.3 is 5.97 Å². The Hall–Kier alpha value is -1.43. The summed E-state index contributed by atoms with van der Waals surface area (Å²) in [6.07, 6.45) is 0.789. The van der Waals surface area contributed by atoms with Crippen molar-refractivity contribution in [2.24, 2.45) is 11.7 Å². The third kappa shape index (κ3) is 3.30. The van der Waals surface area contributed by atoms with Crippen molar-refractivity contribution in [3.8, 4) is 0 Å². The lowest BCUT2D eigenvalue weighted by Gasteiger charge is -2.09.